The van der Waals surface area contributed by atoms with Gasteiger partial charge in [-0.25, -0.2) is 0 Å². The van der Waals surface area contributed by atoms with Crippen LogP contribution in [0.2, 0.25) is 0 Å². The number of hydrogen-bond donors (Lipinski definition) is 0. The zero-order valence-electron chi connectivity index (χ0n) is 14.5. The minimum Gasteiger partial charge on any atom is -0.378 e. The van der Waals surface area contributed by atoms with Crippen molar-refractivity contribution in [2.24, 2.45) is 0 Å². The van der Waals surface area contributed by atoms with Crippen molar-refractivity contribution in [3.63, 3.8) is 0 Å². The maximum atomic E-state index is 12.8. The number of hydrogen-bond acceptors (Lipinski definition) is 4. The van der Waals surface area contributed by atoms with Crippen LogP contribution in [-0.4, -0.2) is 62.1 Å². The number of amides is 2. The van der Waals surface area contributed by atoms with Gasteiger partial charge in [-0.05, 0) is 25.0 Å². The highest BCUT2D eigenvalue weighted by atomic mass is 16.5. The molecule has 0 spiro atoms. The molecule has 3 aliphatic rings. The van der Waals surface area contributed by atoms with Crippen LogP contribution in [0.1, 0.15) is 25.7 Å². The lowest BCUT2D eigenvalue weighted by Gasteiger charge is -2.40. The minimum absolute atomic E-state index is 0.0561. The van der Waals surface area contributed by atoms with Gasteiger partial charge in [-0.3, -0.25) is 9.59 Å². The maximum absolute atomic E-state index is 12.8. The van der Waals surface area contributed by atoms with Crippen LogP contribution >= 0.6 is 0 Å². The lowest BCUT2D eigenvalue weighted by molar-refractivity contribution is -0.136. The number of nitrogens with zero attached hydrogens (tertiary/aromatic N) is 3. The number of morpholine rings is 1. The topological polar surface area (TPSA) is 53.1 Å². The molecule has 3 heterocycles. The molecule has 1 aromatic rings. The third-order valence-electron chi connectivity index (χ3n) is 5.47. The Bertz CT molecular complexity index is 657. The highest BCUT2D eigenvalue weighted by molar-refractivity contribution is 5.99. The van der Waals surface area contributed by atoms with E-state index in [1.54, 1.807) is 4.90 Å². The van der Waals surface area contributed by atoms with E-state index in [1.807, 2.05) is 23.1 Å². The summed E-state index contributed by atoms with van der Waals surface area (Å²) in [6.45, 7) is 4.27. The summed E-state index contributed by atoms with van der Waals surface area (Å²) in [5.74, 6) is 0.116. The molecule has 2 amide bonds. The smallest absolute Gasteiger partial charge is 0.227 e. The number of carbonyl (C=O) groups is 2. The van der Waals surface area contributed by atoms with E-state index in [9.17, 15) is 9.59 Å². The van der Waals surface area contributed by atoms with Crippen molar-refractivity contribution in [2.75, 3.05) is 49.2 Å². The zero-order valence-corrected chi connectivity index (χ0v) is 14.5. The lowest BCUT2D eigenvalue weighted by atomic mass is 10.1. The highest BCUT2D eigenvalue weighted by Gasteiger charge is 2.36. The van der Waals surface area contributed by atoms with Crippen LogP contribution < -0.4 is 9.80 Å². The second kappa shape index (κ2) is 7.04. The molecule has 0 N–H and O–H groups in total. The van der Waals surface area contributed by atoms with Crippen molar-refractivity contribution >= 4 is 23.2 Å². The molecule has 1 atom stereocenters. The summed E-state index contributed by atoms with van der Waals surface area (Å²) in [6, 6.07) is 8.55. The molecule has 2 fully saturated rings. The summed E-state index contributed by atoms with van der Waals surface area (Å²) < 4.78 is 5.28. The van der Waals surface area contributed by atoms with Gasteiger partial charge in [0.2, 0.25) is 11.8 Å². The maximum Gasteiger partial charge on any atom is 0.227 e. The van der Waals surface area contributed by atoms with Crippen LogP contribution in [0.3, 0.4) is 0 Å². The predicted octanol–water partition coefficient (Wildman–Crippen LogP) is 1.64. The van der Waals surface area contributed by atoms with Crippen LogP contribution in [0.15, 0.2) is 24.3 Å². The summed E-state index contributed by atoms with van der Waals surface area (Å²) in [7, 11) is 0. The Balaban J connectivity index is 1.43. The number of anilines is 2. The van der Waals surface area contributed by atoms with Gasteiger partial charge in [-0.15, -0.1) is 0 Å². The standard InChI is InChI=1S/C19H25N3O3/c23-18(20-10-12-25-13-11-20)7-8-19(24)22-14-15-4-3-9-21(15)16-5-1-2-6-17(16)22/h1-2,5-6,15H,3-4,7-14H2. The third-order valence-corrected chi connectivity index (χ3v) is 5.47. The highest BCUT2D eigenvalue weighted by Crippen LogP contribution is 2.39. The van der Waals surface area contributed by atoms with Gasteiger partial charge in [0.15, 0.2) is 0 Å². The second-order valence-corrected chi connectivity index (χ2v) is 6.98. The fourth-order valence-electron chi connectivity index (χ4n) is 4.14. The average Bonchev–Trinajstić information content (AvgIpc) is 3.15. The minimum atomic E-state index is 0.0561. The average molecular weight is 343 g/mol. The van der Waals surface area contributed by atoms with Crippen molar-refractivity contribution in [2.45, 2.75) is 31.7 Å². The van der Waals surface area contributed by atoms with E-state index in [4.69, 9.17) is 4.74 Å². The molecule has 1 aromatic carbocycles. The Morgan fingerprint density at radius 3 is 2.52 bits per heavy atom. The molecule has 2 saturated heterocycles. The number of fused-ring (bicyclic) bond motifs is 3. The van der Waals surface area contributed by atoms with E-state index in [2.05, 4.69) is 11.0 Å². The molecule has 6 heteroatoms. The lowest BCUT2D eigenvalue weighted by Crippen LogP contribution is -2.48. The van der Waals surface area contributed by atoms with Crippen molar-refractivity contribution < 1.29 is 14.3 Å². The van der Waals surface area contributed by atoms with E-state index in [-0.39, 0.29) is 24.7 Å². The molecular weight excluding hydrogens is 318 g/mol. The van der Waals surface area contributed by atoms with Gasteiger partial charge in [-0.1, -0.05) is 12.1 Å². The van der Waals surface area contributed by atoms with Crippen LogP contribution in [0.25, 0.3) is 0 Å². The largest absolute Gasteiger partial charge is 0.378 e. The first kappa shape index (κ1) is 16.4. The molecule has 0 radical (unpaired) electrons. The van der Waals surface area contributed by atoms with Crippen LogP contribution in [0.4, 0.5) is 11.4 Å². The number of rotatable bonds is 3. The molecule has 4 rings (SSSR count). The van der Waals surface area contributed by atoms with Gasteiger partial charge in [0.1, 0.15) is 0 Å². The first-order chi connectivity index (χ1) is 12.2. The van der Waals surface area contributed by atoms with Gasteiger partial charge in [0, 0.05) is 45.1 Å². The molecule has 0 bridgehead atoms. The predicted molar refractivity (Wildman–Crippen MR) is 95.8 cm³/mol. The van der Waals surface area contributed by atoms with Crippen molar-refractivity contribution in [1.29, 1.82) is 0 Å². The summed E-state index contributed by atoms with van der Waals surface area (Å²) in [6.07, 6.45) is 2.87. The Morgan fingerprint density at radius 1 is 1.00 bits per heavy atom. The summed E-state index contributed by atoms with van der Waals surface area (Å²) >= 11 is 0. The van der Waals surface area contributed by atoms with E-state index >= 15 is 0 Å². The van der Waals surface area contributed by atoms with Crippen LogP contribution in [0.5, 0.6) is 0 Å². The van der Waals surface area contributed by atoms with Crippen molar-refractivity contribution in [3.05, 3.63) is 24.3 Å². The van der Waals surface area contributed by atoms with Gasteiger partial charge in [0.05, 0.1) is 24.6 Å². The Kier molecular flexibility index (Phi) is 4.61. The molecule has 6 nitrogen and oxygen atoms in total. The second-order valence-electron chi connectivity index (χ2n) is 6.98. The Hall–Kier alpha value is -2.08. The van der Waals surface area contributed by atoms with Gasteiger partial charge >= 0.3 is 0 Å². The number of carbonyl (C=O) groups excluding carboxylic acids is 2. The fraction of sp³-hybridized carbons (Fsp3) is 0.579. The molecule has 3 aliphatic heterocycles. The molecular formula is C19H25N3O3. The Labute approximate surface area is 148 Å². The fourth-order valence-corrected chi connectivity index (χ4v) is 4.14. The molecule has 0 aliphatic carbocycles. The molecule has 25 heavy (non-hydrogen) atoms. The van der Waals surface area contributed by atoms with E-state index < -0.39 is 0 Å². The van der Waals surface area contributed by atoms with Crippen molar-refractivity contribution in [3.8, 4) is 0 Å². The van der Waals surface area contributed by atoms with Crippen LogP contribution in [-0.2, 0) is 14.3 Å². The van der Waals surface area contributed by atoms with E-state index in [1.165, 1.54) is 6.42 Å². The first-order valence-electron chi connectivity index (χ1n) is 9.25. The quantitative estimate of drug-likeness (QED) is 0.837. The van der Waals surface area contributed by atoms with E-state index in [0.717, 1.165) is 30.9 Å². The van der Waals surface area contributed by atoms with Gasteiger partial charge in [-0.2, -0.15) is 0 Å². The monoisotopic (exact) mass is 343 g/mol. The van der Waals surface area contributed by atoms with Gasteiger partial charge in [0.25, 0.3) is 0 Å². The Morgan fingerprint density at radius 2 is 1.72 bits per heavy atom. The molecule has 1 unspecified atom stereocenters. The zero-order chi connectivity index (χ0) is 17.2. The van der Waals surface area contributed by atoms with Crippen LogP contribution in [0, 0.1) is 0 Å². The SMILES string of the molecule is O=C(CCC(=O)N1CC2CCCN2c2ccccc21)N1CCOCC1. The first-order valence-corrected chi connectivity index (χ1v) is 9.25. The number of ether oxygens (including phenoxy) is 1. The normalized spacial score (nSPS) is 22.6. The van der Waals surface area contributed by atoms with Gasteiger partial charge < -0.3 is 19.4 Å². The number of para-hydroxylation sites is 2. The molecule has 0 aromatic heterocycles. The molecule has 134 valence electrons. The summed E-state index contributed by atoms with van der Waals surface area (Å²) in [4.78, 5) is 31.3. The molecule has 0 saturated carbocycles. The van der Waals surface area contributed by atoms with E-state index in [0.29, 0.717) is 32.3 Å². The van der Waals surface area contributed by atoms with Crippen molar-refractivity contribution in [1.82, 2.24) is 4.90 Å². The number of benzene rings is 1. The summed E-state index contributed by atoms with van der Waals surface area (Å²) in [5.41, 5.74) is 2.15. The third kappa shape index (κ3) is 3.23. The summed E-state index contributed by atoms with van der Waals surface area (Å²) in [5, 5.41) is 0.